The van der Waals surface area contributed by atoms with Crippen LogP contribution >= 0.6 is 0 Å². The number of carboxylic acid groups (broad SMARTS) is 1. The average Bonchev–Trinajstić information content (AvgIpc) is 2.00. The van der Waals surface area contributed by atoms with Crippen molar-refractivity contribution in [3.8, 4) is 0 Å². The Morgan fingerprint density at radius 1 is 1.40 bits per heavy atom. The van der Waals surface area contributed by atoms with Gasteiger partial charge in [0, 0.05) is 0 Å². The summed E-state index contributed by atoms with van der Waals surface area (Å²) >= 11 is 0. The van der Waals surface area contributed by atoms with Crippen LogP contribution < -0.4 is 4.72 Å². The molecular weight excluding hydrogens is 218 g/mol. The minimum absolute atomic E-state index is 0.0152. The maximum atomic E-state index is 11.5. The van der Waals surface area contributed by atoms with E-state index in [1.165, 1.54) is 0 Å². The Morgan fingerprint density at radius 3 is 2.27 bits per heavy atom. The van der Waals surface area contributed by atoms with Gasteiger partial charge in [-0.1, -0.05) is 27.2 Å². The molecule has 0 fully saturated rings. The summed E-state index contributed by atoms with van der Waals surface area (Å²) in [4.78, 5) is 10.7. The van der Waals surface area contributed by atoms with Gasteiger partial charge in [-0.25, -0.2) is 13.1 Å². The van der Waals surface area contributed by atoms with Gasteiger partial charge in [0.15, 0.2) is 0 Å². The van der Waals surface area contributed by atoms with Gasteiger partial charge < -0.3 is 5.11 Å². The van der Waals surface area contributed by atoms with E-state index in [1.807, 2.05) is 6.92 Å². The molecule has 6 heteroatoms. The summed E-state index contributed by atoms with van der Waals surface area (Å²) in [7, 11) is -3.48. The van der Waals surface area contributed by atoms with Gasteiger partial charge in [0.25, 0.3) is 0 Å². The maximum absolute atomic E-state index is 11.5. The fraction of sp³-hybridized carbons (Fsp3) is 0.889. The van der Waals surface area contributed by atoms with Crippen LogP contribution in [0.4, 0.5) is 0 Å². The number of carbonyl (C=O) groups is 1. The first-order chi connectivity index (χ1) is 6.78. The molecule has 0 bridgehead atoms. The largest absolute Gasteiger partial charge is 0.480 e. The minimum atomic E-state index is -3.48. The summed E-state index contributed by atoms with van der Waals surface area (Å²) in [5.74, 6) is -1.18. The van der Waals surface area contributed by atoms with E-state index in [-0.39, 0.29) is 11.7 Å². The van der Waals surface area contributed by atoms with Crippen LogP contribution in [0.3, 0.4) is 0 Å². The molecule has 1 unspecified atom stereocenters. The van der Waals surface area contributed by atoms with E-state index in [9.17, 15) is 13.2 Å². The highest BCUT2D eigenvalue weighted by Gasteiger charge is 2.23. The first-order valence-electron chi connectivity index (χ1n) is 5.01. The van der Waals surface area contributed by atoms with E-state index >= 15 is 0 Å². The van der Waals surface area contributed by atoms with Crippen molar-refractivity contribution in [3.63, 3.8) is 0 Å². The lowest BCUT2D eigenvalue weighted by atomic mass is 10.2. The highest BCUT2D eigenvalue weighted by atomic mass is 32.2. The van der Waals surface area contributed by atoms with Crippen LogP contribution in [0.1, 0.15) is 33.6 Å². The van der Waals surface area contributed by atoms with E-state index in [0.29, 0.717) is 12.8 Å². The zero-order chi connectivity index (χ0) is 12.1. The van der Waals surface area contributed by atoms with E-state index in [1.54, 1.807) is 13.8 Å². The molecule has 0 saturated heterocycles. The Morgan fingerprint density at radius 2 is 1.93 bits per heavy atom. The normalized spacial score (nSPS) is 14.1. The molecule has 15 heavy (non-hydrogen) atoms. The second-order valence-electron chi connectivity index (χ2n) is 3.97. The van der Waals surface area contributed by atoms with Crippen LogP contribution in [0.25, 0.3) is 0 Å². The van der Waals surface area contributed by atoms with Crippen LogP contribution in [0.5, 0.6) is 0 Å². The van der Waals surface area contributed by atoms with E-state index < -0.39 is 22.0 Å². The van der Waals surface area contributed by atoms with Gasteiger partial charge in [-0.15, -0.1) is 0 Å². The van der Waals surface area contributed by atoms with Crippen LogP contribution in [-0.4, -0.2) is 31.3 Å². The number of hydrogen-bond donors (Lipinski definition) is 2. The molecule has 0 aromatic rings. The average molecular weight is 237 g/mol. The summed E-state index contributed by atoms with van der Waals surface area (Å²) in [6.07, 6.45) is 0.938. The predicted octanol–water partition coefficient (Wildman–Crippen LogP) is 0.815. The zero-order valence-electron chi connectivity index (χ0n) is 9.36. The van der Waals surface area contributed by atoms with Crippen LogP contribution in [-0.2, 0) is 14.8 Å². The van der Waals surface area contributed by atoms with E-state index in [0.717, 1.165) is 0 Å². The SMILES string of the molecule is CCCC(NS(=O)(=O)CC(C)C)C(=O)O. The summed E-state index contributed by atoms with van der Waals surface area (Å²) in [6.45, 7) is 5.36. The van der Waals surface area contributed by atoms with Crippen molar-refractivity contribution in [2.24, 2.45) is 5.92 Å². The Balaban J connectivity index is 4.45. The standard InChI is InChI=1S/C9H19NO4S/c1-4-5-8(9(11)12)10-15(13,14)6-7(2)3/h7-8,10H,4-6H2,1-3H3,(H,11,12). The topological polar surface area (TPSA) is 83.5 Å². The third-order valence-corrected chi connectivity index (χ3v) is 3.50. The van der Waals surface area contributed by atoms with Gasteiger partial charge in [0.2, 0.25) is 10.0 Å². The first-order valence-corrected chi connectivity index (χ1v) is 6.66. The molecule has 90 valence electrons. The van der Waals surface area contributed by atoms with Crippen molar-refractivity contribution >= 4 is 16.0 Å². The molecule has 0 aliphatic heterocycles. The molecular formula is C9H19NO4S. The molecule has 0 aliphatic rings. The molecule has 2 N–H and O–H groups in total. The van der Waals surface area contributed by atoms with Crippen molar-refractivity contribution in [1.82, 2.24) is 4.72 Å². The quantitative estimate of drug-likeness (QED) is 0.686. The fourth-order valence-electron chi connectivity index (χ4n) is 1.23. The molecule has 0 heterocycles. The molecule has 1 atom stereocenters. The molecule has 5 nitrogen and oxygen atoms in total. The first kappa shape index (κ1) is 14.4. The highest BCUT2D eigenvalue weighted by molar-refractivity contribution is 7.89. The van der Waals surface area contributed by atoms with Crippen molar-refractivity contribution in [2.45, 2.75) is 39.7 Å². The number of rotatable bonds is 7. The number of carboxylic acids is 1. The van der Waals surface area contributed by atoms with Crippen LogP contribution in [0.2, 0.25) is 0 Å². The number of hydrogen-bond acceptors (Lipinski definition) is 3. The third kappa shape index (κ3) is 6.46. The van der Waals surface area contributed by atoms with Gasteiger partial charge >= 0.3 is 5.97 Å². The Hall–Kier alpha value is -0.620. The lowest BCUT2D eigenvalue weighted by Gasteiger charge is -2.14. The second kappa shape index (κ2) is 6.07. The van der Waals surface area contributed by atoms with Crippen molar-refractivity contribution in [3.05, 3.63) is 0 Å². The predicted molar refractivity (Wildman–Crippen MR) is 58.1 cm³/mol. The van der Waals surface area contributed by atoms with Gasteiger partial charge in [0.05, 0.1) is 5.75 Å². The lowest BCUT2D eigenvalue weighted by Crippen LogP contribution is -2.42. The summed E-state index contributed by atoms with van der Waals surface area (Å²) in [6, 6.07) is -1.00. The molecule has 0 radical (unpaired) electrons. The van der Waals surface area contributed by atoms with E-state index in [4.69, 9.17) is 5.11 Å². The second-order valence-corrected chi connectivity index (χ2v) is 5.77. The summed E-state index contributed by atoms with van der Waals surface area (Å²) in [5, 5.41) is 8.77. The Kier molecular flexibility index (Phi) is 5.82. The highest BCUT2D eigenvalue weighted by Crippen LogP contribution is 2.03. The van der Waals surface area contributed by atoms with Crippen molar-refractivity contribution in [1.29, 1.82) is 0 Å². The van der Waals surface area contributed by atoms with Gasteiger partial charge in [0.1, 0.15) is 6.04 Å². The Bertz CT molecular complexity index is 297. The smallest absolute Gasteiger partial charge is 0.321 e. The minimum Gasteiger partial charge on any atom is -0.480 e. The van der Waals surface area contributed by atoms with Crippen LogP contribution in [0, 0.1) is 5.92 Å². The molecule has 0 spiro atoms. The molecule has 0 aliphatic carbocycles. The lowest BCUT2D eigenvalue weighted by molar-refractivity contribution is -0.139. The van der Waals surface area contributed by atoms with Crippen LogP contribution in [0.15, 0.2) is 0 Å². The summed E-state index contributed by atoms with van der Waals surface area (Å²) < 4.78 is 25.1. The Labute approximate surface area is 90.9 Å². The molecule has 0 aromatic heterocycles. The molecule has 0 rings (SSSR count). The number of nitrogens with one attached hydrogen (secondary N) is 1. The van der Waals surface area contributed by atoms with Crippen molar-refractivity contribution in [2.75, 3.05) is 5.75 Å². The van der Waals surface area contributed by atoms with Gasteiger partial charge in [-0.2, -0.15) is 0 Å². The molecule has 0 saturated carbocycles. The van der Waals surface area contributed by atoms with Gasteiger partial charge in [-0.3, -0.25) is 4.79 Å². The fourth-order valence-corrected chi connectivity index (χ4v) is 2.85. The number of aliphatic carboxylic acids is 1. The number of sulfonamides is 1. The molecule has 0 amide bonds. The summed E-state index contributed by atoms with van der Waals surface area (Å²) in [5.41, 5.74) is 0. The maximum Gasteiger partial charge on any atom is 0.321 e. The third-order valence-electron chi connectivity index (χ3n) is 1.75. The van der Waals surface area contributed by atoms with Gasteiger partial charge in [-0.05, 0) is 12.3 Å². The zero-order valence-corrected chi connectivity index (χ0v) is 10.2. The van der Waals surface area contributed by atoms with Crippen molar-refractivity contribution < 1.29 is 18.3 Å². The molecule has 0 aromatic carbocycles. The monoisotopic (exact) mass is 237 g/mol. The van der Waals surface area contributed by atoms with E-state index in [2.05, 4.69) is 4.72 Å².